The van der Waals surface area contributed by atoms with Gasteiger partial charge < -0.3 is 0 Å². The molecule has 0 saturated carbocycles. The fourth-order valence-corrected chi connectivity index (χ4v) is 1.43. The van der Waals surface area contributed by atoms with Gasteiger partial charge >= 0.3 is 0 Å². The third kappa shape index (κ3) is 1.63. The Hall–Kier alpha value is -0.520. The zero-order valence-corrected chi connectivity index (χ0v) is 7.70. The van der Waals surface area contributed by atoms with Crippen molar-refractivity contribution in [3.8, 4) is 0 Å². The van der Waals surface area contributed by atoms with Crippen molar-refractivity contribution in [3.63, 3.8) is 0 Å². The molecule has 1 aromatic heterocycles. The van der Waals surface area contributed by atoms with Crippen molar-refractivity contribution in [1.29, 1.82) is 0 Å². The molecular weight excluding hydrogens is 237 g/mol. The summed E-state index contributed by atoms with van der Waals surface area (Å²) in [6.45, 7) is 1.23. The summed E-state index contributed by atoms with van der Waals surface area (Å²) in [6.07, 6.45) is -4.03. The number of nitrogens with zero attached hydrogens (tertiary/aromatic N) is 1. The number of aromatic amines is 1. The van der Waals surface area contributed by atoms with Gasteiger partial charge in [0.2, 0.25) is 0 Å². The van der Waals surface area contributed by atoms with Gasteiger partial charge in [0.15, 0.2) is 0 Å². The maximum atomic E-state index is 12.6. The predicted octanol–water partition coefficient (Wildman–Crippen LogP) is 3.14. The molecule has 0 fully saturated rings. The van der Waals surface area contributed by atoms with Crippen LogP contribution in [0.25, 0.3) is 0 Å². The second-order valence-electron chi connectivity index (χ2n) is 2.25. The minimum Gasteiger partial charge on any atom is -0.275 e. The van der Waals surface area contributed by atoms with Crippen LogP contribution < -0.4 is 0 Å². The molecule has 1 atom stereocenters. The third-order valence-electron chi connectivity index (χ3n) is 1.35. The number of aromatic nitrogens is 2. The van der Waals surface area contributed by atoms with E-state index in [0.29, 0.717) is 0 Å². The molecule has 12 heavy (non-hydrogen) atoms. The molecule has 1 N–H and O–H groups in total. The van der Waals surface area contributed by atoms with E-state index in [4.69, 9.17) is 0 Å². The number of alkyl halides is 3. The zero-order chi connectivity index (χ0) is 9.30. The molecule has 68 valence electrons. The van der Waals surface area contributed by atoms with E-state index in [1.165, 1.54) is 6.92 Å². The highest BCUT2D eigenvalue weighted by atomic mass is 79.9. The van der Waals surface area contributed by atoms with Gasteiger partial charge in [0, 0.05) is 0 Å². The molecule has 2 nitrogen and oxygen atoms in total. The van der Waals surface area contributed by atoms with Crippen LogP contribution in [0.15, 0.2) is 4.47 Å². The molecule has 0 aliphatic rings. The average molecular weight is 243 g/mol. The number of rotatable bonds is 2. The molecule has 1 aromatic rings. The van der Waals surface area contributed by atoms with Crippen molar-refractivity contribution in [1.82, 2.24) is 10.2 Å². The lowest BCUT2D eigenvalue weighted by atomic mass is 10.3. The van der Waals surface area contributed by atoms with E-state index in [9.17, 15) is 13.2 Å². The lowest BCUT2D eigenvalue weighted by Crippen LogP contribution is -1.86. The summed E-state index contributed by atoms with van der Waals surface area (Å²) in [5, 5.41) is 5.48. The highest BCUT2D eigenvalue weighted by Crippen LogP contribution is 2.31. The second kappa shape index (κ2) is 3.47. The molecule has 0 aliphatic carbocycles. The van der Waals surface area contributed by atoms with Crippen molar-refractivity contribution < 1.29 is 13.2 Å². The smallest absolute Gasteiger partial charge is 0.275 e. The molecule has 0 aromatic carbocycles. The first-order valence-corrected chi connectivity index (χ1v) is 3.99. The summed E-state index contributed by atoms with van der Waals surface area (Å²) in [5.74, 6) is 0. The Kier molecular flexibility index (Phi) is 2.76. The first kappa shape index (κ1) is 9.57. The number of halogens is 4. The summed E-state index contributed by atoms with van der Waals surface area (Å²) in [7, 11) is 0. The van der Waals surface area contributed by atoms with Crippen LogP contribution in [0.4, 0.5) is 13.2 Å². The van der Waals surface area contributed by atoms with Gasteiger partial charge in [-0.1, -0.05) is 0 Å². The molecule has 0 aliphatic heterocycles. The van der Waals surface area contributed by atoms with Crippen molar-refractivity contribution in [2.45, 2.75) is 19.5 Å². The Balaban J connectivity index is 3.04. The normalized spacial score (nSPS) is 13.8. The van der Waals surface area contributed by atoms with Crippen LogP contribution in [0.5, 0.6) is 0 Å². The number of hydrogen-bond donors (Lipinski definition) is 1. The van der Waals surface area contributed by atoms with E-state index in [0.717, 1.165) is 0 Å². The summed E-state index contributed by atoms with van der Waals surface area (Å²) < 4.78 is 36.8. The molecular formula is C6H6BrF3N2. The second-order valence-corrected chi connectivity index (χ2v) is 3.05. The Morgan fingerprint density at radius 3 is 2.25 bits per heavy atom. The Bertz CT molecular complexity index is 246. The van der Waals surface area contributed by atoms with Crippen LogP contribution in [0.3, 0.4) is 0 Å². The maximum absolute atomic E-state index is 12.6. The third-order valence-corrected chi connectivity index (χ3v) is 2.19. The van der Waals surface area contributed by atoms with Gasteiger partial charge in [-0.05, 0) is 22.9 Å². The fraction of sp³-hybridized carbons (Fsp3) is 0.500. The van der Waals surface area contributed by atoms with E-state index in [2.05, 4.69) is 26.1 Å². The van der Waals surface area contributed by atoms with Crippen LogP contribution in [-0.2, 0) is 0 Å². The molecule has 1 heterocycles. The highest BCUT2D eigenvalue weighted by molar-refractivity contribution is 9.10. The Morgan fingerprint density at radius 2 is 2.00 bits per heavy atom. The zero-order valence-electron chi connectivity index (χ0n) is 6.11. The molecule has 0 saturated heterocycles. The van der Waals surface area contributed by atoms with Crippen LogP contribution in [-0.4, -0.2) is 10.2 Å². The van der Waals surface area contributed by atoms with Gasteiger partial charge in [-0.15, -0.1) is 0 Å². The van der Waals surface area contributed by atoms with Crippen LogP contribution >= 0.6 is 15.9 Å². The topological polar surface area (TPSA) is 28.7 Å². The first-order chi connectivity index (χ1) is 5.54. The van der Waals surface area contributed by atoms with Crippen LogP contribution in [0, 0.1) is 0 Å². The first-order valence-electron chi connectivity index (χ1n) is 3.20. The standard InChI is InChI=1S/C6H6BrF3N2/c1-2(8)4-3(7)5(6(9)10)12-11-4/h2,6H,1H3,(H,11,12). The van der Waals surface area contributed by atoms with Crippen molar-refractivity contribution >= 4 is 15.9 Å². The maximum Gasteiger partial charge on any atom is 0.280 e. The molecule has 1 unspecified atom stereocenters. The van der Waals surface area contributed by atoms with E-state index in [1.807, 2.05) is 0 Å². The summed E-state index contributed by atoms with van der Waals surface area (Å²) >= 11 is 2.84. The summed E-state index contributed by atoms with van der Waals surface area (Å²) in [5.41, 5.74) is -0.403. The average Bonchev–Trinajstić information content (AvgIpc) is 2.30. The predicted molar refractivity (Wildman–Crippen MR) is 40.8 cm³/mol. The van der Waals surface area contributed by atoms with Gasteiger partial charge in [0.25, 0.3) is 6.43 Å². The number of nitrogens with one attached hydrogen (secondary N) is 1. The van der Waals surface area contributed by atoms with Gasteiger partial charge in [-0.25, -0.2) is 13.2 Å². The monoisotopic (exact) mass is 242 g/mol. The Labute approximate surface area is 75.3 Å². The SMILES string of the molecule is CC(F)c1n[nH]c(C(F)F)c1Br. The molecule has 0 amide bonds. The minimum absolute atomic E-state index is 0.0208. The van der Waals surface area contributed by atoms with Gasteiger partial charge in [0.1, 0.15) is 17.6 Å². The number of hydrogen-bond acceptors (Lipinski definition) is 1. The van der Waals surface area contributed by atoms with Crippen molar-refractivity contribution in [2.75, 3.05) is 0 Å². The van der Waals surface area contributed by atoms with Crippen molar-refractivity contribution in [2.24, 2.45) is 0 Å². The summed E-state index contributed by atoms with van der Waals surface area (Å²) in [6, 6.07) is 0. The molecule has 0 radical (unpaired) electrons. The van der Waals surface area contributed by atoms with Gasteiger partial charge in [0.05, 0.1) is 4.47 Å². The van der Waals surface area contributed by atoms with E-state index < -0.39 is 12.6 Å². The fourth-order valence-electron chi connectivity index (χ4n) is 0.765. The van der Waals surface area contributed by atoms with Gasteiger partial charge in [-0.3, -0.25) is 5.10 Å². The van der Waals surface area contributed by atoms with E-state index in [1.54, 1.807) is 0 Å². The molecule has 0 spiro atoms. The molecule has 6 heteroatoms. The van der Waals surface area contributed by atoms with E-state index in [-0.39, 0.29) is 15.9 Å². The number of H-pyrrole nitrogens is 1. The largest absolute Gasteiger partial charge is 0.280 e. The lowest BCUT2D eigenvalue weighted by Gasteiger charge is -1.97. The minimum atomic E-state index is -2.67. The van der Waals surface area contributed by atoms with Crippen LogP contribution in [0.2, 0.25) is 0 Å². The quantitative estimate of drug-likeness (QED) is 0.849. The summed E-state index contributed by atoms with van der Waals surface area (Å²) in [4.78, 5) is 0. The molecule has 1 rings (SSSR count). The van der Waals surface area contributed by atoms with Crippen molar-refractivity contribution in [3.05, 3.63) is 15.9 Å². The molecule has 0 bridgehead atoms. The van der Waals surface area contributed by atoms with E-state index >= 15 is 0 Å². The lowest BCUT2D eigenvalue weighted by molar-refractivity contribution is 0.145. The van der Waals surface area contributed by atoms with Crippen LogP contribution in [0.1, 0.15) is 30.9 Å². The highest BCUT2D eigenvalue weighted by Gasteiger charge is 2.21. The Morgan fingerprint density at radius 1 is 1.42 bits per heavy atom. The van der Waals surface area contributed by atoms with Gasteiger partial charge in [-0.2, -0.15) is 5.10 Å².